The molecule has 0 aromatic heterocycles. The molecule has 0 saturated carbocycles. The number of ether oxygens (including phenoxy) is 1. The Morgan fingerprint density at radius 1 is 1.22 bits per heavy atom. The monoisotopic (exact) mass is 337 g/mol. The van der Waals surface area contributed by atoms with Crippen LogP contribution in [0.4, 0.5) is 0 Å². The molecule has 23 heavy (non-hydrogen) atoms. The number of rotatable bonds is 3. The quantitative estimate of drug-likeness (QED) is 0.904. The van der Waals surface area contributed by atoms with Crippen LogP contribution in [0.3, 0.4) is 0 Å². The number of amides is 1. The van der Waals surface area contributed by atoms with Gasteiger partial charge < -0.3 is 15.0 Å². The largest absolute Gasteiger partial charge is 0.366 e. The summed E-state index contributed by atoms with van der Waals surface area (Å²) in [5, 5.41) is 3.99. The van der Waals surface area contributed by atoms with Crippen molar-refractivity contribution in [1.29, 1.82) is 0 Å². The first kappa shape index (κ1) is 16.7. The summed E-state index contributed by atoms with van der Waals surface area (Å²) in [4.78, 5) is 16.9. The van der Waals surface area contributed by atoms with Crippen LogP contribution in [0.1, 0.15) is 12.0 Å². The Labute approximate surface area is 142 Å². The molecule has 3 rings (SSSR count). The van der Waals surface area contributed by atoms with Gasteiger partial charge in [0.15, 0.2) is 0 Å². The minimum Gasteiger partial charge on any atom is -0.366 e. The maximum atomic E-state index is 12.5. The smallest absolute Gasteiger partial charge is 0.253 e. The van der Waals surface area contributed by atoms with Gasteiger partial charge in [-0.05, 0) is 24.1 Å². The van der Waals surface area contributed by atoms with E-state index in [1.54, 1.807) is 0 Å². The topological polar surface area (TPSA) is 44.8 Å². The molecule has 1 aromatic carbocycles. The Balaban J connectivity index is 1.52. The standard InChI is InChI=1S/C17H24ClN3O2/c18-15-4-2-14(3-5-15)13-20-7-1-8-21(10-9-20)17(22)16-12-19-6-11-23-16/h2-5,16,19H,1,6-13H2. The van der Waals surface area contributed by atoms with Gasteiger partial charge in [0.05, 0.1) is 6.61 Å². The Kier molecular flexibility index (Phi) is 5.89. The predicted molar refractivity (Wildman–Crippen MR) is 90.5 cm³/mol. The van der Waals surface area contributed by atoms with Crippen molar-refractivity contribution < 1.29 is 9.53 Å². The zero-order valence-corrected chi connectivity index (χ0v) is 14.1. The third-order valence-corrected chi connectivity index (χ3v) is 4.67. The summed E-state index contributed by atoms with van der Waals surface area (Å²) in [6.07, 6.45) is 0.686. The molecular formula is C17H24ClN3O2. The van der Waals surface area contributed by atoms with Gasteiger partial charge >= 0.3 is 0 Å². The number of nitrogens with one attached hydrogen (secondary N) is 1. The highest BCUT2D eigenvalue weighted by molar-refractivity contribution is 6.30. The number of halogens is 1. The molecule has 2 aliphatic rings. The fourth-order valence-corrected chi connectivity index (χ4v) is 3.25. The molecule has 0 spiro atoms. The summed E-state index contributed by atoms with van der Waals surface area (Å²) in [5.41, 5.74) is 1.26. The van der Waals surface area contributed by atoms with E-state index in [0.717, 1.165) is 50.7 Å². The van der Waals surface area contributed by atoms with Gasteiger partial charge in [-0.25, -0.2) is 0 Å². The van der Waals surface area contributed by atoms with Crippen molar-refractivity contribution >= 4 is 17.5 Å². The maximum Gasteiger partial charge on any atom is 0.253 e. The molecule has 0 bridgehead atoms. The molecule has 6 heteroatoms. The number of carbonyl (C=O) groups is 1. The van der Waals surface area contributed by atoms with E-state index in [1.165, 1.54) is 5.56 Å². The van der Waals surface area contributed by atoms with Gasteiger partial charge in [0.25, 0.3) is 5.91 Å². The summed E-state index contributed by atoms with van der Waals surface area (Å²) < 4.78 is 5.59. The van der Waals surface area contributed by atoms with Crippen LogP contribution in [-0.2, 0) is 16.1 Å². The van der Waals surface area contributed by atoms with E-state index < -0.39 is 0 Å². The molecule has 0 aliphatic carbocycles. The van der Waals surface area contributed by atoms with E-state index in [-0.39, 0.29) is 12.0 Å². The number of carbonyl (C=O) groups excluding carboxylic acids is 1. The van der Waals surface area contributed by atoms with E-state index in [9.17, 15) is 4.79 Å². The molecule has 126 valence electrons. The second kappa shape index (κ2) is 8.11. The lowest BCUT2D eigenvalue weighted by Crippen LogP contribution is -2.50. The summed E-state index contributed by atoms with van der Waals surface area (Å²) in [5.74, 6) is 0.130. The van der Waals surface area contributed by atoms with Gasteiger partial charge in [-0.1, -0.05) is 23.7 Å². The summed E-state index contributed by atoms with van der Waals surface area (Å²) >= 11 is 5.93. The van der Waals surface area contributed by atoms with Crippen LogP contribution in [0.5, 0.6) is 0 Å². The van der Waals surface area contributed by atoms with Crippen LogP contribution in [0.15, 0.2) is 24.3 Å². The minimum absolute atomic E-state index is 0.130. The van der Waals surface area contributed by atoms with Crippen LogP contribution >= 0.6 is 11.6 Å². The summed E-state index contributed by atoms with van der Waals surface area (Å²) in [6, 6.07) is 7.99. The molecule has 1 atom stereocenters. The van der Waals surface area contributed by atoms with Gasteiger partial charge in [-0.2, -0.15) is 0 Å². The third kappa shape index (κ3) is 4.67. The average Bonchev–Trinajstić information content (AvgIpc) is 2.83. The Morgan fingerprint density at radius 3 is 2.78 bits per heavy atom. The van der Waals surface area contributed by atoms with Gasteiger partial charge in [0, 0.05) is 50.8 Å². The van der Waals surface area contributed by atoms with Gasteiger partial charge in [0.2, 0.25) is 0 Å². The number of nitrogens with zero attached hydrogens (tertiary/aromatic N) is 2. The van der Waals surface area contributed by atoms with Crippen molar-refractivity contribution in [3.05, 3.63) is 34.9 Å². The lowest BCUT2D eigenvalue weighted by Gasteiger charge is -2.29. The van der Waals surface area contributed by atoms with E-state index in [0.29, 0.717) is 13.2 Å². The fourth-order valence-electron chi connectivity index (χ4n) is 3.13. The zero-order chi connectivity index (χ0) is 16.1. The zero-order valence-electron chi connectivity index (χ0n) is 13.3. The summed E-state index contributed by atoms with van der Waals surface area (Å²) in [7, 11) is 0. The van der Waals surface area contributed by atoms with E-state index >= 15 is 0 Å². The van der Waals surface area contributed by atoms with Crippen LogP contribution in [0.25, 0.3) is 0 Å². The molecule has 2 fully saturated rings. The van der Waals surface area contributed by atoms with Crippen molar-refractivity contribution in [2.24, 2.45) is 0 Å². The number of benzene rings is 1. The van der Waals surface area contributed by atoms with Gasteiger partial charge in [-0.3, -0.25) is 9.69 Å². The number of morpholine rings is 1. The second-order valence-electron chi connectivity index (χ2n) is 6.15. The lowest BCUT2D eigenvalue weighted by atomic mass is 10.2. The summed E-state index contributed by atoms with van der Waals surface area (Å²) in [6.45, 7) is 6.48. The predicted octanol–water partition coefficient (Wildman–Crippen LogP) is 1.36. The van der Waals surface area contributed by atoms with Crippen molar-refractivity contribution in [2.75, 3.05) is 45.9 Å². The Hall–Kier alpha value is -1.14. The lowest BCUT2D eigenvalue weighted by molar-refractivity contribution is -0.145. The average molecular weight is 338 g/mol. The molecule has 2 saturated heterocycles. The molecule has 1 aromatic rings. The molecule has 2 heterocycles. The maximum absolute atomic E-state index is 12.5. The highest BCUT2D eigenvalue weighted by atomic mass is 35.5. The SMILES string of the molecule is O=C(C1CNCCO1)N1CCCN(Cc2ccc(Cl)cc2)CC1. The molecule has 5 nitrogen and oxygen atoms in total. The van der Waals surface area contributed by atoms with Crippen molar-refractivity contribution in [2.45, 2.75) is 19.1 Å². The molecular weight excluding hydrogens is 314 g/mol. The molecule has 2 aliphatic heterocycles. The molecule has 1 amide bonds. The van der Waals surface area contributed by atoms with E-state index in [1.807, 2.05) is 17.0 Å². The minimum atomic E-state index is -0.313. The Bertz CT molecular complexity index is 517. The highest BCUT2D eigenvalue weighted by Gasteiger charge is 2.28. The third-order valence-electron chi connectivity index (χ3n) is 4.42. The normalized spacial score (nSPS) is 23.5. The first-order chi connectivity index (χ1) is 11.2. The first-order valence-corrected chi connectivity index (χ1v) is 8.68. The first-order valence-electron chi connectivity index (χ1n) is 8.30. The molecule has 1 N–H and O–H groups in total. The van der Waals surface area contributed by atoms with E-state index in [2.05, 4.69) is 22.3 Å². The van der Waals surface area contributed by atoms with Crippen molar-refractivity contribution in [1.82, 2.24) is 15.1 Å². The molecule has 0 radical (unpaired) electrons. The molecule has 1 unspecified atom stereocenters. The van der Waals surface area contributed by atoms with Crippen LogP contribution in [-0.4, -0.2) is 67.7 Å². The van der Waals surface area contributed by atoms with Crippen LogP contribution in [0, 0.1) is 0 Å². The number of hydrogen-bond donors (Lipinski definition) is 1. The second-order valence-corrected chi connectivity index (χ2v) is 6.58. The Morgan fingerprint density at radius 2 is 2.04 bits per heavy atom. The fraction of sp³-hybridized carbons (Fsp3) is 0.588. The van der Waals surface area contributed by atoms with Crippen molar-refractivity contribution in [3.8, 4) is 0 Å². The van der Waals surface area contributed by atoms with Crippen LogP contribution in [0.2, 0.25) is 5.02 Å². The van der Waals surface area contributed by atoms with Gasteiger partial charge in [0.1, 0.15) is 6.10 Å². The van der Waals surface area contributed by atoms with E-state index in [4.69, 9.17) is 16.3 Å². The van der Waals surface area contributed by atoms with Crippen LogP contribution < -0.4 is 5.32 Å². The van der Waals surface area contributed by atoms with Crippen molar-refractivity contribution in [3.63, 3.8) is 0 Å². The van der Waals surface area contributed by atoms with Gasteiger partial charge in [-0.15, -0.1) is 0 Å². The highest BCUT2D eigenvalue weighted by Crippen LogP contribution is 2.14. The number of hydrogen-bond acceptors (Lipinski definition) is 4.